The zero-order valence-corrected chi connectivity index (χ0v) is 20.9. The van der Waals surface area contributed by atoms with Crippen molar-refractivity contribution in [1.29, 1.82) is 5.26 Å². The van der Waals surface area contributed by atoms with Crippen LogP contribution in [-0.2, 0) is 17.8 Å². The third-order valence-electron chi connectivity index (χ3n) is 7.34. The van der Waals surface area contributed by atoms with Crippen LogP contribution in [0.15, 0.2) is 48.5 Å². The minimum Gasteiger partial charge on any atom is -0.393 e. The molecule has 36 heavy (non-hydrogen) atoms. The van der Waals surface area contributed by atoms with Gasteiger partial charge in [-0.05, 0) is 35.7 Å². The Morgan fingerprint density at radius 2 is 1.56 bits per heavy atom. The molecule has 2 aromatic carbocycles. The highest BCUT2D eigenvalue weighted by Gasteiger charge is 2.43. The number of aliphatic hydroxyl groups is 2. The van der Waals surface area contributed by atoms with Crippen molar-refractivity contribution in [2.45, 2.75) is 56.0 Å². The Bertz CT molecular complexity index is 1050. The van der Waals surface area contributed by atoms with Crippen molar-refractivity contribution in [3.63, 3.8) is 0 Å². The Labute approximate surface area is 213 Å². The molecule has 3 unspecified atom stereocenters. The molecule has 5 N–H and O–H groups in total. The van der Waals surface area contributed by atoms with Gasteiger partial charge < -0.3 is 26.2 Å². The fraction of sp³-hybridized carbons (Fsp3) is 0.500. The molecular weight excluding hydrogens is 454 g/mol. The minimum atomic E-state index is -1.38. The quantitative estimate of drug-likeness (QED) is 0.459. The molecule has 0 aromatic heterocycles. The van der Waals surface area contributed by atoms with Crippen molar-refractivity contribution in [2.75, 3.05) is 33.2 Å². The van der Waals surface area contributed by atoms with Crippen LogP contribution in [0.3, 0.4) is 0 Å². The molecule has 8 nitrogen and oxygen atoms in total. The maximum atomic E-state index is 12.8. The Hall–Kier alpha value is -2.80. The van der Waals surface area contributed by atoms with E-state index >= 15 is 0 Å². The first-order valence-corrected chi connectivity index (χ1v) is 12.7. The fourth-order valence-electron chi connectivity index (χ4n) is 5.16. The third kappa shape index (κ3) is 6.69. The standard InChI is InChI=1S/C28H37N5O3/c1-32-10-12-33(13-11-32)19-21-4-8-23(9-5-21)22-6-2-20(3-7-22)14-24(18-29)31-27(36)28(30)16-25(34)15-26(35)17-28/h2-9,24-26,34-35H,10-17,19,30H2,1H3,(H,31,36). The number of nitrogens with two attached hydrogens (primary N) is 1. The van der Waals surface area contributed by atoms with Gasteiger partial charge in [-0.2, -0.15) is 5.26 Å². The van der Waals surface area contributed by atoms with Gasteiger partial charge in [-0.15, -0.1) is 0 Å². The van der Waals surface area contributed by atoms with E-state index in [1.165, 1.54) is 5.56 Å². The van der Waals surface area contributed by atoms with Crippen molar-refractivity contribution in [3.8, 4) is 17.2 Å². The normalized spacial score (nSPS) is 26.2. The highest BCUT2D eigenvalue weighted by Crippen LogP contribution is 2.27. The van der Waals surface area contributed by atoms with Gasteiger partial charge in [0.2, 0.25) is 5.91 Å². The number of amides is 1. The van der Waals surface area contributed by atoms with Crippen molar-refractivity contribution >= 4 is 5.91 Å². The molecule has 192 valence electrons. The number of nitrogens with zero attached hydrogens (tertiary/aromatic N) is 3. The SMILES string of the molecule is CN1CCN(Cc2ccc(-c3ccc(CC(C#N)NC(=O)C4(N)CC(O)CC(O)C4)cc3)cc2)CC1. The van der Waals surface area contributed by atoms with Gasteiger partial charge in [-0.1, -0.05) is 48.5 Å². The lowest BCUT2D eigenvalue weighted by Gasteiger charge is -2.37. The average Bonchev–Trinajstić information content (AvgIpc) is 2.85. The molecular formula is C28H37N5O3. The smallest absolute Gasteiger partial charge is 0.241 e. The van der Waals surface area contributed by atoms with Crippen molar-refractivity contribution in [1.82, 2.24) is 15.1 Å². The molecule has 2 aliphatic rings. The van der Waals surface area contributed by atoms with Gasteiger partial charge in [0.15, 0.2) is 0 Å². The number of nitrogens with one attached hydrogen (secondary N) is 1. The Morgan fingerprint density at radius 3 is 2.08 bits per heavy atom. The van der Waals surface area contributed by atoms with E-state index in [0.29, 0.717) is 6.42 Å². The maximum absolute atomic E-state index is 12.8. The number of benzene rings is 2. The van der Waals surface area contributed by atoms with Crippen LogP contribution in [0.25, 0.3) is 11.1 Å². The molecule has 0 bridgehead atoms. The molecule has 4 rings (SSSR count). The second kappa shape index (κ2) is 11.5. The lowest BCUT2D eigenvalue weighted by molar-refractivity contribution is -0.131. The molecule has 1 amide bonds. The number of nitriles is 1. The van der Waals surface area contributed by atoms with E-state index in [1.807, 2.05) is 24.3 Å². The number of aliphatic hydroxyl groups excluding tert-OH is 2. The number of hydrogen-bond donors (Lipinski definition) is 4. The summed E-state index contributed by atoms with van der Waals surface area (Å²) in [4.78, 5) is 17.6. The van der Waals surface area contributed by atoms with Crippen LogP contribution in [0.1, 0.15) is 30.4 Å². The first-order valence-electron chi connectivity index (χ1n) is 12.7. The monoisotopic (exact) mass is 491 g/mol. The minimum absolute atomic E-state index is 0.0664. The van der Waals surface area contributed by atoms with Crippen LogP contribution >= 0.6 is 0 Å². The topological polar surface area (TPSA) is 126 Å². The van der Waals surface area contributed by atoms with Gasteiger partial charge in [-0.3, -0.25) is 9.69 Å². The van der Waals surface area contributed by atoms with Gasteiger partial charge in [0.25, 0.3) is 0 Å². The summed E-state index contributed by atoms with van der Waals surface area (Å²) in [6.07, 6.45) is -0.988. The largest absolute Gasteiger partial charge is 0.393 e. The number of carbonyl (C=O) groups excluding carboxylic acids is 1. The number of likely N-dealkylation sites (N-methyl/N-ethyl adjacent to an activating group) is 1. The van der Waals surface area contributed by atoms with Crippen molar-refractivity contribution in [2.24, 2.45) is 5.73 Å². The van der Waals surface area contributed by atoms with E-state index in [-0.39, 0.29) is 19.3 Å². The molecule has 3 atom stereocenters. The van der Waals surface area contributed by atoms with Crippen LogP contribution in [0.4, 0.5) is 0 Å². The molecule has 0 spiro atoms. The van der Waals surface area contributed by atoms with Gasteiger partial charge >= 0.3 is 0 Å². The van der Waals surface area contributed by atoms with E-state index in [9.17, 15) is 20.3 Å². The van der Waals surface area contributed by atoms with Crippen LogP contribution < -0.4 is 11.1 Å². The summed E-state index contributed by atoms with van der Waals surface area (Å²) in [5, 5.41) is 32.1. The molecule has 2 fully saturated rings. The molecule has 1 saturated heterocycles. The molecule has 2 aromatic rings. The first-order chi connectivity index (χ1) is 17.2. The fourth-order valence-corrected chi connectivity index (χ4v) is 5.16. The second-order valence-electron chi connectivity index (χ2n) is 10.4. The Morgan fingerprint density at radius 1 is 1.03 bits per heavy atom. The van der Waals surface area contributed by atoms with Crippen LogP contribution in [0.5, 0.6) is 0 Å². The number of carbonyl (C=O) groups is 1. The summed E-state index contributed by atoms with van der Waals surface area (Å²) < 4.78 is 0. The summed E-state index contributed by atoms with van der Waals surface area (Å²) in [6, 6.07) is 18.0. The summed E-state index contributed by atoms with van der Waals surface area (Å²) in [6.45, 7) is 5.39. The lowest BCUT2D eigenvalue weighted by Crippen LogP contribution is -2.61. The van der Waals surface area contributed by atoms with E-state index < -0.39 is 29.7 Å². The van der Waals surface area contributed by atoms with E-state index in [1.54, 1.807) is 0 Å². The van der Waals surface area contributed by atoms with E-state index in [4.69, 9.17) is 5.73 Å². The lowest BCUT2D eigenvalue weighted by atomic mass is 9.78. The molecule has 1 aliphatic heterocycles. The predicted molar refractivity (Wildman–Crippen MR) is 139 cm³/mol. The summed E-state index contributed by atoms with van der Waals surface area (Å²) in [7, 11) is 2.17. The van der Waals surface area contributed by atoms with Crippen LogP contribution in [-0.4, -0.2) is 82.9 Å². The summed E-state index contributed by atoms with van der Waals surface area (Å²) in [5.74, 6) is -0.514. The van der Waals surface area contributed by atoms with Gasteiger partial charge in [0.05, 0.1) is 18.3 Å². The number of rotatable bonds is 7. The number of hydrogen-bond acceptors (Lipinski definition) is 7. The summed E-state index contributed by atoms with van der Waals surface area (Å²) >= 11 is 0. The summed E-state index contributed by atoms with van der Waals surface area (Å²) in [5.41, 5.74) is 9.26. The van der Waals surface area contributed by atoms with Crippen LogP contribution in [0.2, 0.25) is 0 Å². The van der Waals surface area contributed by atoms with Crippen LogP contribution in [0, 0.1) is 11.3 Å². The zero-order valence-electron chi connectivity index (χ0n) is 20.9. The van der Waals surface area contributed by atoms with Gasteiger partial charge in [0.1, 0.15) is 11.6 Å². The highest BCUT2D eigenvalue weighted by molar-refractivity contribution is 5.87. The predicted octanol–water partition coefficient (Wildman–Crippen LogP) is 1.26. The van der Waals surface area contributed by atoms with Crippen molar-refractivity contribution in [3.05, 3.63) is 59.7 Å². The second-order valence-corrected chi connectivity index (χ2v) is 10.4. The van der Waals surface area contributed by atoms with Gasteiger partial charge in [-0.25, -0.2) is 0 Å². The average molecular weight is 492 g/mol. The number of piperazine rings is 1. The molecule has 8 heteroatoms. The third-order valence-corrected chi connectivity index (χ3v) is 7.34. The molecule has 0 radical (unpaired) electrons. The Kier molecular flexibility index (Phi) is 8.39. The van der Waals surface area contributed by atoms with E-state index in [0.717, 1.165) is 49.4 Å². The highest BCUT2D eigenvalue weighted by atomic mass is 16.3. The Balaban J connectivity index is 1.33. The molecule has 1 aliphatic carbocycles. The molecule has 1 saturated carbocycles. The zero-order chi connectivity index (χ0) is 25.7. The maximum Gasteiger partial charge on any atom is 0.241 e. The molecule has 1 heterocycles. The van der Waals surface area contributed by atoms with Gasteiger partial charge in [0, 0.05) is 52.0 Å². The van der Waals surface area contributed by atoms with Crippen molar-refractivity contribution < 1.29 is 15.0 Å². The first kappa shape index (κ1) is 26.3. The van der Waals surface area contributed by atoms with E-state index in [2.05, 4.69) is 52.5 Å².